The van der Waals surface area contributed by atoms with E-state index in [0.29, 0.717) is 23.1 Å². The van der Waals surface area contributed by atoms with Crippen LogP contribution in [0.15, 0.2) is 43.0 Å². The van der Waals surface area contributed by atoms with Crippen LogP contribution in [0.5, 0.6) is 0 Å². The molecule has 3 atom stereocenters. The van der Waals surface area contributed by atoms with Gasteiger partial charge in [0, 0.05) is 18.4 Å². The van der Waals surface area contributed by atoms with Gasteiger partial charge in [0.05, 0.1) is 25.5 Å². The number of amides is 1. The summed E-state index contributed by atoms with van der Waals surface area (Å²) in [4.78, 5) is 48.1. The van der Waals surface area contributed by atoms with E-state index in [1.54, 1.807) is 28.8 Å². The molecule has 11 heteroatoms. The Morgan fingerprint density at radius 1 is 1.12 bits per heavy atom. The molecule has 33 heavy (non-hydrogen) atoms. The first kappa shape index (κ1) is 22.5. The second kappa shape index (κ2) is 9.84. The molecular formula is C22H23N5O6. The molecule has 2 aromatic heterocycles. The van der Waals surface area contributed by atoms with Crippen molar-refractivity contribution in [2.45, 2.75) is 38.0 Å². The highest BCUT2D eigenvalue weighted by atomic mass is 16.5. The Morgan fingerprint density at radius 3 is 2.64 bits per heavy atom. The van der Waals surface area contributed by atoms with Gasteiger partial charge in [0.25, 0.3) is 5.91 Å². The second-order valence-corrected chi connectivity index (χ2v) is 7.81. The maximum atomic E-state index is 12.5. The maximum Gasteiger partial charge on any atom is 0.303 e. The maximum absolute atomic E-state index is 12.5. The van der Waals surface area contributed by atoms with Crippen LogP contribution in [0, 0.1) is 5.92 Å². The minimum absolute atomic E-state index is 0.0552. The first-order valence-electron chi connectivity index (χ1n) is 10.5. The Bertz CT molecular complexity index is 1160. The summed E-state index contributed by atoms with van der Waals surface area (Å²) >= 11 is 0. The monoisotopic (exact) mass is 453 g/mol. The molecule has 1 aliphatic rings. The van der Waals surface area contributed by atoms with Gasteiger partial charge >= 0.3 is 5.97 Å². The van der Waals surface area contributed by atoms with E-state index in [1.807, 2.05) is 6.07 Å². The van der Waals surface area contributed by atoms with Crippen molar-refractivity contribution in [1.29, 1.82) is 0 Å². The number of aromatic nitrogens is 4. The number of rotatable bonds is 9. The van der Waals surface area contributed by atoms with E-state index >= 15 is 0 Å². The van der Waals surface area contributed by atoms with Gasteiger partial charge in [-0.3, -0.25) is 19.0 Å². The smallest absolute Gasteiger partial charge is 0.303 e. The SMILES string of the molecule is O=C(O)CCC(=O)C[C@@H]1C[C@H](n2cnc3c(NC(=O)c4ccccc4)ncnc32)O[C@H]1CO. The molecule has 3 N–H and O–H groups in total. The number of aliphatic hydroxyl groups is 1. The number of aliphatic carboxylic acids is 1. The van der Waals surface area contributed by atoms with Gasteiger partial charge in [-0.1, -0.05) is 18.2 Å². The molecular weight excluding hydrogens is 430 g/mol. The number of carboxylic acid groups (broad SMARTS) is 1. The molecule has 0 spiro atoms. The summed E-state index contributed by atoms with van der Waals surface area (Å²) in [6, 6.07) is 8.71. The number of carbonyl (C=O) groups is 3. The number of Topliss-reactive ketones (excluding diaryl/α,β-unsaturated/α-hetero) is 1. The zero-order valence-electron chi connectivity index (χ0n) is 17.6. The lowest BCUT2D eigenvalue weighted by atomic mass is 9.93. The first-order chi connectivity index (χ1) is 16.0. The summed E-state index contributed by atoms with van der Waals surface area (Å²) in [6.07, 6.45) is 2.00. The highest BCUT2D eigenvalue weighted by Crippen LogP contribution is 2.37. The van der Waals surface area contributed by atoms with Gasteiger partial charge in [-0.2, -0.15) is 0 Å². The second-order valence-electron chi connectivity index (χ2n) is 7.81. The zero-order chi connectivity index (χ0) is 23.4. The molecule has 0 saturated carbocycles. The van der Waals surface area contributed by atoms with E-state index in [2.05, 4.69) is 20.3 Å². The number of anilines is 1. The number of ether oxygens (including phenoxy) is 1. The van der Waals surface area contributed by atoms with Gasteiger partial charge in [-0.25, -0.2) is 15.0 Å². The standard InChI is InChI=1S/C22H23N5O6/c28-10-16-14(8-15(29)6-7-18(30)31)9-17(33-16)27-12-25-19-20(23-11-24-21(19)27)26-22(32)13-4-2-1-3-5-13/h1-5,11-12,14,16-17,28H,6-10H2,(H,30,31)(H,23,24,26,32)/t14-,16+,17-/m1/s1. The van der Waals surface area contributed by atoms with Crippen molar-refractivity contribution >= 4 is 34.6 Å². The molecule has 11 nitrogen and oxygen atoms in total. The Morgan fingerprint density at radius 2 is 1.91 bits per heavy atom. The fourth-order valence-corrected chi connectivity index (χ4v) is 3.93. The lowest BCUT2D eigenvalue weighted by Crippen LogP contribution is -2.23. The third kappa shape index (κ3) is 5.04. The lowest BCUT2D eigenvalue weighted by molar-refractivity contribution is -0.138. The third-order valence-electron chi connectivity index (χ3n) is 5.59. The van der Waals surface area contributed by atoms with Gasteiger partial charge in [0.15, 0.2) is 17.0 Å². The molecule has 4 rings (SSSR count). The number of hydrogen-bond acceptors (Lipinski definition) is 8. The number of hydrogen-bond donors (Lipinski definition) is 3. The third-order valence-corrected chi connectivity index (χ3v) is 5.59. The average Bonchev–Trinajstić information content (AvgIpc) is 3.42. The molecule has 1 fully saturated rings. The number of aliphatic hydroxyl groups excluding tert-OH is 1. The minimum atomic E-state index is -1.03. The Kier molecular flexibility index (Phi) is 6.71. The molecule has 1 amide bonds. The van der Waals surface area contributed by atoms with Gasteiger partial charge < -0.3 is 20.3 Å². The number of carboxylic acids is 1. The highest BCUT2D eigenvalue weighted by molar-refractivity contribution is 6.06. The van der Waals surface area contributed by atoms with Crippen LogP contribution in [-0.4, -0.2) is 60.1 Å². The summed E-state index contributed by atoms with van der Waals surface area (Å²) in [5, 5.41) is 21.2. The van der Waals surface area contributed by atoms with Crippen molar-refractivity contribution in [3.05, 3.63) is 48.5 Å². The van der Waals surface area contributed by atoms with Crippen LogP contribution in [-0.2, 0) is 14.3 Å². The van der Waals surface area contributed by atoms with E-state index in [9.17, 15) is 19.5 Å². The topological polar surface area (TPSA) is 157 Å². The van der Waals surface area contributed by atoms with Crippen LogP contribution in [0.2, 0.25) is 0 Å². The molecule has 0 radical (unpaired) electrons. The van der Waals surface area contributed by atoms with E-state index in [-0.39, 0.29) is 49.3 Å². The molecule has 0 aliphatic carbocycles. The number of carbonyl (C=O) groups excluding carboxylic acids is 2. The predicted molar refractivity (Wildman–Crippen MR) is 115 cm³/mol. The summed E-state index contributed by atoms with van der Waals surface area (Å²) in [5.41, 5.74) is 1.30. The van der Waals surface area contributed by atoms with Crippen molar-refractivity contribution in [2.24, 2.45) is 5.92 Å². The van der Waals surface area contributed by atoms with Crippen LogP contribution in [0.4, 0.5) is 5.82 Å². The fraction of sp³-hybridized carbons (Fsp3) is 0.364. The predicted octanol–water partition coefficient (Wildman–Crippen LogP) is 1.80. The Hall–Kier alpha value is -3.70. The molecule has 3 aromatic rings. The molecule has 1 aromatic carbocycles. The largest absolute Gasteiger partial charge is 0.481 e. The van der Waals surface area contributed by atoms with E-state index in [1.165, 1.54) is 12.7 Å². The van der Waals surface area contributed by atoms with Crippen molar-refractivity contribution in [3.8, 4) is 0 Å². The minimum Gasteiger partial charge on any atom is -0.481 e. The van der Waals surface area contributed by atoms with Gasteiger partial charge in [-0.15, -0.1) is 0 Å². The average molecular weight is 453 g/mol. The molecule has 3 heterocycles. The summed E-state index contributed by atoms with van der Waals surface area (Å²) in [5.74, 6) is -1.55. The van der Waals surface area contributed by atoms with Crippen molar-refractivity contribution in [1.82, 2.24) is 19.5 Å². The van der Waals surface area contributed by atoms with Gasteiger partial charge in [0.1, 0.15) is 18.3 Å². The van der Waals surface area contributed by atoms with E-state index in [4.69, 9.17) is 9.84 Å². The number of imidazole rings is 1. The number of fused-ring (bicyclic) bond motifs is 1. The lowest BCUT2D eigenvalue weighted by Gasteiger charge is -2.15. The van der Waals surface area contributed by atoms with Crippen molar-refractivity contribution in [2.75, 3.05) is 11.9 Å². The van der Waals surface area contributed by atoms with Crippen molar-refractivity contribution < 1.29 is 29.3 Å². The summed E-state index contributed by atoms with van der Waals surface area (Å²) < 4.78 is 7.63. The Labute approximate surface area is 188 Å². The van der Waals surface area contributed by atoms with Crippen molar-refractivity contribution in [3.63, 3.8) is 0 Å². The zero-order valence-corrected chi connectivity index (χ0v) is 17.6. The quantitative estimate of drug-likeness (QED) is 0.439. The number of nitrogens with one attached hydrogen (secondary N) is 1. The van der Waals surface area contributed by atoms with E-state index in [0.717, 1.165) is 0 Å². The number of benzene rings is 1. The summed E-state index contributed by atoms with van der Waals surface area (Å²) in [7, 11) is 0. The molecule has 0 bridgehead atoms. The molecule has 1 saturated heterocycles. The van der Waals surface area contributed by atoms with Gasteiger partial charge in [0.2, 0.25) is 0 Å². The van der Waals surface area contributed by atoms with Crippen LogP contribution in [0.25, 0.3) is 11.2 Å². The van der Waals surface area contributed by atoms with Crippen LogP contribution in [0.1, 0.15) is 42.3 Å². The molecule has 1 aliphatic heterocycles. The molecule has 172 valence electrons. The van der Waals surface area contributed by atoms with E-state index < -0.39 is 18.3 Å². The first-order valence-corrected chi connectivity index (χ1v) is 10.5. The van der Waals surface area contributed by atoms with Crippen LogP contribution >= 0.6 is 0 Å². The Balaban J connectivity index is 1.51. The summed E-state index contributed by atoms with van der Waals surface area (Å²) in [6.45, 7) is -0.270. The number of nitrogens with zero attached hydrogens (tertiary/aromatic N) is 4. The fourth-order valence-electron chi connectivity index (χ4n) is 3.93. The normalized spacial score (nSPS) is 20.1. The van der Waals surface area contributed by atoms with Gasteiger partial charge in [-0.05, 0) is 24.5 Å². The highest BCUT2D eigenvalue weighted by Gasteiger charge is 2.37. The molecule has 0 unspecified atom stereocenters. The van der Waals surface area contributed by atoms with Crippen LogP contribution in [0.3, 0.4) is 0 Å². The number of ketones is 1. The van der Waals surface area contributed by atoms with Crippen LogP contribution < -0.4 is 5.32 Å².